The Morgan fingerprint density at radius 2 is 1.60 bits per heavy atom. The van der Waals surface area contributed by atoms with Crippen molar-refractivity contribution in [2.24, 2.45) is 5.41 Å². The van der Waals surface area contributed by atoms with Crippen LogP contribution in [-0.2, 0) is 20.8 Å². The molecule has 1 aliphatic heterocycles. The third-order valence-corrected chi connectivity index (χ3v) is 7.77. The number of hydrogen-bond donors (Lipinski definition) is 3. The van der Waals surface area contributed by atoms with Crippen molar-refractivity contribution in [3.05, 3.63) is 95.1 Å². The Morgan fingerprint density at radius 3 is 2.27 bits per heavy atom. The van der Waals surface area contributed by atoms with Gasteiger partial charge < -0.3 is 25.5 Å². The second-order valence-corrected chi connectivity index (χ2v) is 12.9. The monoisotopic (exact) mass is 612 g/mol. The van der Waals surface area contributed by atoms with Crippen molar-refractivity contribution in [2.45, 2.75) is 59.4 Å². The third-order valence-electron chi connectivity index (χ3n) is 7.77. The molecule has 3 aromatic carbocycles. The number of amides is 3. The minimum absolute atomic E-state index is 0.0817. The van der Waals surface area contributed by atoms with E-state index in [1.807, 2.05) is 93.3 Å². The van der Waals surface area contributed by atoms with Crippen LogP contribution in [0.15, 0.2) is 72.8 Å². The number of anilines is 2. The fraction of sp³-hybridized carbons (Fsp3) is 0.389. The predicted molar refractivity (Wildman–Crippen MR) is 176 cm³/mol. The Labute approximate surface area is 265 Å². The average Bonchev–Trinajstić information content (AvgIpc) is 3.23. The number of nitrogens with one attached hydrogen (secondary N) is 2. The molecule has 1 saturated heterocycles. The zero-order chi connectivity index (χ0) is 32.6. The molecule has 0 saturated carbocycles. The fourth-order valence-electron chi connectivity index (χ4n) is 5.49. The van der Waals surface area contributed by atoms with Crippen LogP contribution in [0.1, 0.15) is 73.1 Å². The van der Waals surface area contributed by atoms with Crippen LogP contribution >= 0.6 is 0 Å². The number of carboxylic acid groups (broad SMARTS) is 1. The fourth-order valence-corrected chi connectivity index (χ4v) is 5.49. The van der Waals surface area contributed by atoms with E-state index in [0.717, 1.165) is 23.2 Å². The van der Waals surface area contributed by atoms with E-state index in [4.69, 9.17) is 0 Å². The van der Waals surface area contributed by atoms with Gasteiger partial charge in [-0.3, -0.25) is 19.2 Å². The first kappa shape index (κ1) is 33.2. The van der Waals surface area contributed by atoms with Crippen LogP contribution in [0.2, 0.25) is 0 Å². The van der Waals surface area contributed by atoms with Gasteiger partial charge in [-0.1, -0.05) is 80.9 Å². The van der Waals surface area contributed by atoms with E-state index >= 15 is 0 Å². The van der Waals surface area contributed by atoms with Crippen LogP contribution in [0, 0.1) is 12.3 Å². The maximum absolute atomic E-state index is 13.5. The number of rotatable bonds is 10. The minimum atomic E-state index is -1.02. The molecular weight excluding hydrogens is 568 g/mol. The Balaban J connectivity index is 1.55. The highest BCUT2D eigenvalue weighted by Gasteiger charge is 2.25. The molecular formula is C36H44N4O5. The number of nitrogens with zero attached hydrogens (tertiary/aromatic N) is 2. The summed E-state index contributed by atoms with van der Waals surface area (Å²) < 4.78 is 0. The van der Waals surface area contributed by atoms with Crippen LogP contribution < -0.4 is 15.5 Å². The Hall–Kier alpha value is -4.66. The van der Waals surface area contributed by atoms with Crippen molar-refractivity contribution in [1.29, 1.82) is 0 Å². The molecule has 0 spiro atoms. The van der Waals surface area contributed by atoms with E-state index < -0.39 is 17.9 Å². The zero-order valence-electron chi connectivity index (χ0n) is 26.6. The van der Waals surface area contributed by atoms with E-state index in [-0.39, 0.29) is 23.7 Å². The standard InChI is InChI=1S/C36H44N4O5/c1-25-11-13-27(14-12-25)29(23-34(43)44)38-35(45)28-15-16-31(30(22-28)37-32(41)24-36(2,3)4)39-17-8-18-40(20-19-39)33(42)21-26-9-6-5-7-10-26/h5-7,9-16,22,29H,8,17-21,23-24H2,1-4H3,(H,37,41)(H,38,45)(H,43,44). The van der Waals surface area contributed by atoms with Crippen molar-refractivity contribution < 1.29 is 24.3 Å². The van der Waals surface area contributed by atoms with E-state index in [1.165, 1.54) is 0 Å². The molecule has 1 aliphatic rings. The molecule has 0 aromatic heterocycles. The zero-order valence-corrected chi connectivity index (χ0v) is 26.6. The molecule has 3 amide bonds. The minimum Gasteiger partial charge on any atom is -0.481 e. The Morgan fingerprint density at radius 1 is 0.889 bits per heavy atom. The topological polar surface area (TPSA) is 119 Å². The molecule has 1 fully saturated rings. The summed E-state index contributed by atoms with van der Waals surface area (Å²) in [5, 5.41) is 15.4. The normalized spacial score (nSPS) is 14.3. The first-order chi connectivity index (χ1) is 21.4. The van der Waals surface area contributed by atoms with Gasteiger partial charge in [-0.25, -0.2) is 0 Å². The van der Waals surface area contributed by atoms with Gasteiger partial charge in [0.05, 0.1) is 30.3 Å². The summed E-state index contributed by atoms with van der Waals surface area (Å²) in [5.41, 5.74) is 4.05. The van der Waals surface area contributed by atoms with Gasteiger partial charge in [-0.15, -0.1) is 0 Å². The van der Waals surface area contributed by atoms with E-state index in [0.29, 0.717) is 55.8 Å². The lowest BCUT2D eigenvalue weighted by Gasteiger charge is -2.27. The lowest BCUT2D eigenvalue weighted by atomic mass is 9.92. The molecule has 9 nitrogen and oxygen atoms in total. The highest BCUT2D eigenvalue weighted by molar-refractivity contribution is 6.00. The van der Waals surface area contributed by atoms with Gasteiger partial charge in [0.1, 0.15) is 0 Å². The van der Waals surface area contributed by atoms with Crippen molar-refractivity contribution in [3.8, 4) is 0 Å². The summed E-state index contributed by atoms with van der Waals surface area (Å²) in [7, 11) is 0. The first-order valence-corrected chi connectivity index (χ1v) is 15.5. The highest BCUT2D eigenvalue weighted by atomic mass is 16.4. The molecule has 238 valence electrons. The Bertz CT molecular complexity index is 1500. The van der Waals surface area contributed by atoms with Gasteiger partial charge in [0.15, 0.2) is 0 Å². The van der Waals surface area contributed by atoms with Gasteiger partial charge in [-0.2, -0.15) is 0 Å². The number of carboxylic acids is 1. The maximum atomic E-state index is 13.5. The molecule has 1 atom stereocenters. The SMILES string of the molecule is Cc1ccc(C(CC(=O)O)NC(=O)c2ccc(N3CCCN(C(=O)Cc4ccccc4)CC3)c(NC(=O)CC(C)(C)C)c2)cc1. The number of carbonyl (C=O) groups is 4. The predicted octanol–water partition coefficient (Wildman–Crippen LogP) is 5.60. The second kappa shape index (κ2) is 14.9. The summed E-state index contributed by atoms with van der Waals surface area (Å²) >= 11 is 0. The summed E-state index contributed by atoms with van der Waals surface area (Å²) in [5.74, 6) is -1.55. The van der Waals surface area contributed by atoms with Crippen molar-refractivity contribution in [1.82, 2.24) is 10.2 Å². The van der Waals surface area contributed by atoms with Crippen LogP contribution in [0.5, 0.6) is 0 Å². The molecule has 45 heavy (non-hydrogen) atoms. The quantitative estimate of drug-likeness (QED) is 0.274. The largest absolute Gasteiger partial charge is 0.481 e. The third kappa shape index (κ3) is 9.93. The molecule has 3 aromatic rings. The Kier molecular flexibility index (Phi) is 11.0. The highest BCUT2D eigenvalue weighted by Crippen LogP contribution is 2.30. The molecule has 0 radical (unpaired) electrons. The smallest absolute Gasteiger partial charge is 0.305 e. The van der Waals surface area contributed by atoms with Crippen molar-refractivity contribution in [2.75, 3.05) is 36.4 Å². The van der Waals surface area contributed by atoms with E-state index in [1.54, 1.807) is 12.1 Å². The lowest BCUT2D eigenvalue weighted by molar-refractivity contribution is -0.137. The van der Waals surface area contributed by atoms with Crippen LogP contribution in [0.25, 0.3) is 0 Å². The van der Waals surface area contributed by atoms with Crippen molar-refractivity contribution >= 4 is 35.1 Å². The number of hydrogen-bond acceptors (Lipinski definition) is 5. The molecule has 1 heterocycles. The molecule has 4 rings (SSSR count). The van der Waals surface area contributed by atoms with Gasteiger partial charge in [0.2, 0.25) is 11.8 Å². The number of aliphatic carboxylic acids is 1. The molecule has 0 bridgehead atoms. The van der Waals surface area contributed by atoms with Gasteiger partial charge >= 0.3 is 5.97 Å². The summed E-state index contributed by atoms with van der Waals surface area (Å²) in [6.45, 7) is 10.3. The van der Waals surface area contributed by atoms with Crippen LogP contribution in [0.4, 0.5) is 11.4 Å². The average molecular weight is 613 g/mol. The summed E-state index contributed by atoms with van der Waals surface area (Å²) in [6.07, 6.45) is 1.13. The second-order valence-electron chi connectivity index (χ2n) is 12.9. The van der Waals surface area contributed by atoms with Gasteiger partial charge in [0, 0.05) is 38.2 Å². The number of carbonyl (C=O) groups excluding carboxylic acids is 3. The molecule has 9 heteroatoms. The van der Waals surface area contributed by atoms with Gasteiger partial charge in [-0.05, 0) is 48.1 Å². The van der Waals surface area contributed by atoms with E-state index in [2.05, 4.69) is 15.5 Å². The van der Waals surface area contributed by atoms with Gasteiger partial charge in [0.25, 0.3) is 5.91 Å². The lowest BCUT2D eigenvalue weighted by Crippen LogP contribution is -2.36. The number of aryl methyl sites for hydroxylation is 1. The van der Waals surface area contributed by atoms with Crippen LogP contribution in [-0.4, -0.2) is 59.9 Å². The summed E-state index contributed by atoms with van der Waals surface area (Å²) in [6, 6.07) is 21.5. The summed E-state index contributed by atoms with van der Waals surface area (Å²) in [4.78, 5) is 55.3. The maximum Gasteiger partial charge on any atom is 0.305 e. The molecule has 3 N–H and O–H groups in total. The molecule has 0 aliphatic carbocycles. The van der Waals surface area contributed by atoms with E-state index in [9.17, 15) is 24.3 Å². The van der Waals surface area contributed by atoms with Crippen LogP contribution in [0.3, 0.4) is 0 Å². The first-order valence-electron chi connectivity index (χ1n) is 15.5. The number of benzene rings is 3. The molecule has 1 unspecified atom stereocenters. The van der Waals surface area contributed by atoms with Crippen molar-refractivity contribution in [3.63, 3.8) is 0 Å².